The summed E-state index contributed by atoms with van der Waals surface area (Å²) in [4.78, 5) is 10.8. The first-order valence-electron chi connectivity index (χ1n) is 4.84. The second-order valence-corrected chi connectivity index (χ2v) is 4.53. The summed E-state index contributed by atoms with van der Waals surface area (Å²) in [5.41, 5.74) is 3.14. The zero-order valence-electron chi connectivity index (χ0n) is 8.53. The van der Waals surface area contributed by atoms with Crippen LogP contribution < -0.4 is 0 Å². The summed E-state index contributed by atoms with van der Waals surface area (Å²) in [6.07, 6.45) is 0.833. The highest BCUT2D eigenvalue weighted by molar-refractivity contribution is 9.10. The molecule has 0 unspecified atom stereocenters. The Morgan fingerprint density at radius 2 is 2.25 bits per heavy atom. The largest absolute Gasteiger partial charge is 0.453 e. The van der Waals surface area contributed by atoms with E-state index in [4.69, 9.17) is 4.42 Å². The van der Waals surface area contributed by atoms with Crippen LogP contribution in [0.1, 0.15) is 10.5 Å². The number of carbonyl (C=O) groups is 1. The summed E-state index contributed by atoms with van der Waals surface area (Å²) in [6.45, 7) is 0. The lowest BCUT2D eigenvalue weighted by Gasteiger charge is -1.96. The quantitative estimate of drug-likeness (QED) is 0.638. The van der Waals surface area contributed by atoms with Crippen molar-refractivity contribution >= 4 is 44.3 Å². The number of nitrogens with zero attached hydrogens (tertiary/aromatic N) is 1. The van der Waals surface area contributed by atoms with E-state index in [9.17, 15) is 4.79 Å². The molecule has 0 aliphatic carbocycles. The van der Waals surface area contributed by atoms with Gasteiger partial charge in [0.1, 0.15) is 0 Å². The van der Waals surface area contributed by atoms with Crippen LogP contribution in [-0.4, -0.2) is 10.9 Å². The van der Waals surface area contributed by atoms with E-state index in [1.807, 2.05) is 29.8 Å². The molecule has 0 saturated heterocycles. The molecule has 80 valence electrons. The number of carbonyl (C=O) groups excluding carboxylic acids is 1. The molecule has 0 radical (unpaired) electrons. The Labute approximate surface area is 99.8 Å². The number of para-hydroxylation sites is 1. The van der Waals surface area contributed by atoms with Gasteiger partial charge in [-0.2, -0.15) is 0 Å². The highest BCUT2D eigenvalue weighted by atomic mass is 79.9. The molecule has 16 heavy (non-hydrogen) atoms. The number of halogens is 1. The minimum absolute atomic E-state index is 0.621. The summed E-state index contributed by atoms with van der Waals surface area (Å²) in [5, 5.41) is 1.01. The van der Waals surface area contributed by atoms with Crippen LogP contribution in [0.5, 0.6) is 0 Å². The number of aryl methyl sites for hydroxylation is 1. The first kappa shape index (κ1) is 9.66. The van der Waals surface area contributed by atoms with E-state index in [0.717, 1.165) is 32.8 Å². The number of benzene rings is 1. The first-order chi connectivity index (χ1) is 7.72. The number of rotatable bonds is 1. The third-order valence-corrected chi connectivity index (χ3v) is 3.41. The smallest absolute Gasteiger partial charge is 0.166 e. The molecule has 2 heterocycles. The number of furan rings is 1. The number of hydrogen-bond acceptors (Lipinski definition) is 2. The van der Waals surface area contributed by atoms with Crippen LogP contribution in [0.2, 0.25) is 0 Å². The Bertz CT molecular complexity index is 709. The molecule has 2 aromatic heterocycles. The molecular formula is C12H8BrNO2. The van der Waals surface area contributed by atoms with Gasteiger partial charge >= 0.3 is 0 Å². The molecule has 3 rings (SSSR count). The van der Waals surface area contributed by atoms with Crippen molar-refractivity contribution in [3.8, 4) is 0 Å². The van der Waals surface area contributed by atoms with Gasteiger partial charge in [-0.1, -0.05) is 6.07 Å². The predicted molar refractivity (Wildman–Crippen MR) is 65.8 cm³/mol. The Morgan fingerprint density at radius 3 is 3.00 bits per heavy atom. The predicted octanol–water partition coefficient (Wildman–Crippen LogP) is 3.50. The monoisotopic (exact) mass is 277 g/mol. The van der Waals surface area contributed by atoms with E-state index in [-0.39, 0.29) is 0 Å². The minimum atomic E-state index is 0.621. The van der Waals surface area contributed by atoms with Gasteiger partial charge in [-0.15, -0.1) is 0 Å². The maximum atomic E-state index is 10.8. The summed E-state index contributed by atoms with van der Waals surface area (Å²) in [7, 11) is 1.86. The lowest BCUT2D eigenvalue weighted by molar-refractivity contribution is 0.111. The molecule has 0 bridgehead atoms. The van der Waals surface area contributed by atoms with E-state index in [2.05, 4.69) is 15.9 Å². The van der Waals surface area contributed by atoms with Gasteiger partial charge in [0, 0.05) is 18.5 Å². The van der Waals surface area contributed by atoms with Crippen molar-refractivity contribution in [2.75, 3.05) is 0 Å². The van der Waals surface area contributed by atoms with Gasteiger partial charge in [0.15, 0.2) is 17.5 Å². The fourth-order valence-electron chi connectivity index (χ4n) is 2.01. The molecule has 0 N–H and O–H groups in total. The highest BCUT2D eigenvalue weighted by Crippen LogP contribution is 2.34. The second-order valence-electron chi connectivity index (χ2n) is 3.68. The van der Waals surface area contributed by atoms with Crippen molar-refractivity contribution < 1.29 is 9.21 Å². The van der Waals surface area contributed by atoms with E-state index in [0.29, 0.717) is 5.69 Å². The van der Waals surface area contributed by atoms with E-state index < -0.39 is 0 Å². The Kier molecular flexibility index (Phi) is 1.94. The van der Waals surface area contributed by atoms with Gasteiger partial charge in [0.05, 0.1) is 15.7 Å². The highest BCUT2D eigenvalue weighted by Gasteiger charge is 2.14. The van der Waals surface area contributed by atoms with Crippen molar-refractivity contribution in [2.45, 2.75) is 0 Å². The van der Waals surface area contributed by atoms with Crippen LogP contribution in [0.15, 0.2) is 33.2 Å². The zero-order chi connectivity index (χ0) is 11.3. The van der Waals surface area contributed by atoms with Crippen molar-refractivity contribution in [2.24, 2.45) is 7.05 Å². The summed E-state index contributed by atoms with van der Waals surface area (Å²) in [5.74, 6) is 0. The van der Waals surface area contributed by atoms with Gasteiger partial charge in [0.2, 0.25) is 0 Å². The van der Waals surface area contributed by atoms with Crippen LogP contribution >= 0.6 is 15.9 Å². The summed E-state index contributed by atoms with van der Waals surface area (Å²) < 4.78 is 8.49. The van der Waals surface area contributed by atoms with Crippen molar-refractivity contribution in [1.82, 2.24) is 4.57 Å². The maximum Gasteiger partial charge on any atom is 0.166 e. The fraction of sp³-hybridized carbons (Fsp3) is 0.0833. The molecule has 0 fully saturated rings. The molecule has 3 aromatic rings. The second kappa shape index (κ2) is 3.22. The Hall–Kier alpha value is -1.55. The summed E-state index contributed by atoms with van der Waals surface area (Å²) >= 11 is 3.45. The molecule has 4 heteroatoms. The molecule has 0 atom stereocenters. The zero-order valence-corrected chi connectivity index (χ0v) is 10.1. The van der Waals surface area contributed by atoms with Gasteiger partial charge in [-0.05, 0) is 28.1 Å². The average molecular weight is 278 g/mol. The molecule has 0 spiro atoms. The molecular weight excluding hydrogens is 270 g/mol. The standard InChI is InChI=1S/C12H8BrNO2/c1-14-7(6-15)5-10-11(14)8-3-2-4-9(13)12(8)16-10/h2-6H,1H3. The third-order valence-electron chi connectivity index (χ3n) is 2.79. The molecule has 0 saturated carbocycles. The van der Waals surface area contributed by atoms with Gasteiger partial charge in [0.25, 0.3) is 0 Å². The lowest BCUT2D eigenvalue weighted by atomic mass is 10.2. The molecule has 1 aromatic carbocycles. The van der Waals surface area contributed by atoms with Gasteiger partial charge < -0.3 is 8.98 Å². The Morgan fingerprint density at radius 1 is 1.44 bits per heavy atom. The van der Waals surface area contributed by atoms with Gasteiger partial charge in [-0.3, -0.25) is 4.79 Å². The normalized spacial score (nSPS) is 11.4. The average Bonchev–Trinajstić information content (AvgIpc) is 2.77. The number of hydrogen-bond donors (Lipinski definition) is 0. The van der Waals surface area contributed by atoms with Crippen LogP contribution in [0.3, 0.4) is 0 Å². The topological polar surface area (TPSA) is 35.1 Å². The maximum absolute atomic E-state index is 10.8. The van der Waals surface area contributed by atoms with Crippen LogP contribution in [0.25, 0.3) is 22.1 Å². The van der Waals surface area contributed by atoms with Crippen LogP contribution in [-0.2, 0) is 7.05 Å². The number of aromatic nitrogens is 1. The van der Waals surface area contributed by atoms with Crippen molar-refractivity contribution in [1.29, 1.82) is 0 Å². The molecule has 3 nitrogen and oxygen atoms in total. The van der Waals surface area contributed by atoms with Gasteiger partial charge in [-0.25, -0.2) is 0 Å². The molecule has 0 aliphatic heterocycles. The number of fused-ring (bicyclic) bond motifs is 3. The Balaban J connectivity index is 2.56. The van der Waals surface area contributed by atoms with Crippen molar-refractivity contribution in [3.05, 3.63) is 34.4 Å². The van der Waals surface area contributed by atoms with Crippen LogP contribution in [0.4, 0.5) is 0 Å². The molecule has 0 aliphatic rings. The first-order valence-corrected chi connectivity index (χ1v) is 5.63. The fourth-order valence-corrected chi connectivity index (χ4v) is 2.45. The van der Waals surface area contributed by atoms with Crippen LogP contribution in [0, 0.1) is 0 Å². The SMILES string of the molecule is Cn1c(C=O)cc2oc3c(Br)cccc3c21. The molecule has 0 amide bonds. The summed E-state index contributed by atoms with van der Waals surface area (Å²) in [6, 6.07) is 7.63. The van der Waals surface area contributed by atoms with E-state index in [1.165, 1.54) is 0 Å². The lowest BCUT2D eigenvalue weighted by Crippen LogP contribution is -1.93. The minimum Gasteiger partial charge on any atom is -0.453 e. The van der Waals surface area contributed by atoms with E-state index in [1.54, 1.807) is 6.07 Å². The third kappa shape index (κ3) is 1.10. The number of aldehydes is 1. The van der Waals surface area contributed by atoms with Crippen molar-refractivity contribution in [3.63, 3.8) is 0 Å². The van der Waals surface area contributed by atoms with E-state index >= 15 is 0 Å².